The third kappa shape index (κ3) is 3.69. The van der Waals surface area contributed by atoms with E-state index in [9.17, 15) is 8.42 Å². The molecule has 3 rings (SSSR count). The van der Waals surface area contributed by atoms with Gasteiger partial charge in [0.05, 0.1) is 16.2 Å². The second-order valence-electron chi connectivity index (χ2n) is 4.96. The SMILES string of the molecule is CN(c1ccccc1)c1ccc(NS(=O)(=O)c2ccc(Cl)s2)cn1. The summed E-state index contributed by atoms with van der Waals surface area (Å²) in [5, 5.41) is 0. The van der Waals surface area contributed by atoms with Crippen LogP contribution in [0, 0.1) is 0 Å². The number of nitrogens with zero attached hydrogens (tertiary/aromatic N) is 2. The fourth-order valence-corrected chi connectivity index (χ4v) is 4.60. The van der Waals surface area contributed by atoms with Crippen molar-refractivity contribution in [2.75, 3.05) is 16.7 Å². The molecule has 0 aliphatic heterocycles. The molecule has 1 aromatic carbocycles. The van der Waals surface area contributed by atoms with Crippen molar-refractivity contribution in [3.05, 3.63) is 65.1 Å². The van der Waals surface area contributed by atoms with Crippen molar-refractivity contribution >= 4 is 50.2 Å². The van der Waals surface area contributed by atoms with E-state index in [1.54, 1.807) is 18.2 Å². The van der Waals surface area contributed by atoms with Gasteiger partial charge in [-0.1, -0.05) is 29.8 Å². The van der Waals surface area contributed by atoms with Gasteiger partial charge < -0.3 is 4.90 Å². The van der Waals surface area contributed by atoms with Crippen LogP contribution in [0.1, 0.15) is 0 Å². The van der Waals surface area contributed by atoms with Gasteiger partial charge >= 0.3 is 0 Å². The predicted octanol–water partition coefficient (Wildman–Crippen LogP) is 4.37. The minimum absolute atomic E-state index is 0.165. The summed E-state index contributed by atoms with van der Waals surface area (Å²) in [6, 6.07) is 16.2. The zero-order valence-electron chi connectivity index (χ0n) is 12.7. The Kier molecular flexibility index (Phi) is 4.75. The highest BCUT2D eigenvalue weighted by atomic mass is 35.5. The molecule has 5 nitrogen and oxygen atoms in total. The van der Waals surface area contributed by atoms with Gasteiger partial charge in [-0.15, -0.1) is 11.3 Å². The number of hydrogen-bond donors (Lipinski definition) is 1. The number of rotatable bonds is 5. The van der Waals surface area contributed by atoms with E-state index in [0.717, 1.165) is 17.0 Å². The first-order chi connectivity index (χ1) is 11.5. The molecule has 0 bridgehead atoms. The van der Waals surface area contributed by atoms with Crippen LogP contribution >= 0.6 is 22.9 Å². The van der Waals surface area contributed by atoms with Crippen LogP contribution in [-0.4, -0.2) is 20.4 Å². The van der Waals surface area contributed by atoms with E-state index < -0.39 is 10.0 Å². The molecule has 8 heteroatoms. The van der Waals surface area contributed by atoms with Crippen LogP contribution in [0.25, 0.3) is 0 Å². The number of aromatic nitrogens is 1. The number of para-hydroxylation sites is 1. The molecule has 3 aromatic rings. The molecule has 0 spiro atoms. The average molecular weight is 380 g/mol. The van der Waals surface area contributed by atoms with Gasteiger partial charge in [0.1, 0.15) is 10.0 Å². The van der Waals surface area contributed by atoms with E-state index in [2.05, 4.69) is 9.71 Å². The van der Waals surface area contributed by atoms with Gasteiger partial charge in [0.25, 0.3) is 10.0 Å². The molecule has 0 saturated carbocycles. The highest BCUT2D eigenvalue weighted by molar-refractivity contribution is 7.94. The third-order valence-electron chi connectivity index (χ3n) is 3.30. The highest BCUT2D eigenvalue weighted by Crippen LogP contribution is 2.28. The minimum atomic E-state index is -3.65. The number of benzene rings is 1. The smallest absolute Gasteiger partial charge is 0.271 e. The molecule has 1 N–H and O–H groups in total. The first-order valence-electron chi connectivity index (χ1n) is 6.99. The van der Waals surface area contributed by atoms with Crippen LogP contribution in [0.5, 0.6) is 0 Å². The normalized spacial score (nSPS) is 11.2. The molecule has 0 saturated heterocycles. The van der Waals surface area contributed by atoms with Crippen molar-refractivity contribution < 1.29 is 8.42 Å². The minimum Gasteiger partial charge on any atom is -0.329 e. The summed E-state index contributed by atoms with van der Waals surface area (Å²) in [5.74, 6) is 0.711. The molecular formula is C16H14ClN3O2S2. The number of pyridine rings is 1. The molecule has 2 heterocycles. The second-order valence-corrected chi connectivity index (χ2v) is 8.59. The van der Waals surface area contributed by atoms with Gasteiger partial charge in [-0.3, -0.25) is 4.72 Å². The lowest BCUT2D eigenvalue weighted by atomic mass is 10.3. The van der Waals surface area contributed by atoms with E-state index in [4.69, 9.17) is 11.6 Å². The Labute approximate surface area is 149 Å². The topological polar surface area (TPSA) is 62.3 Å². The zero-order valence-corrected chi connectivity index (χ0v) is 15.1. The largest absolute Gasteiger partial charge is 0.329 e. The van der Waals surface area contributed by atoms with E-state index in [-0.39, 0.29) is 4.21 Å². The lowest BCUT2D eigenvalue weighted by Gasteiger charge is -2.18. The van der Waals surface area contributed by atoms with Crippen LogP contribution < -0.4 is 9.62 Å². The summed E-state index contributed by atoms with van der Waals surface area (Å²) in [7, 11) is -1.75. The van der Waals surface area contributed by atoms with Crippen LogP contribution in [0.4, 0.5) is 17.2 Å². The molecular weight excluding hydrogens is 366 g/mol. The maximum Gasteiger partial charge on any atom is 0.271 e. The molecule has 0 fully saturated rings. The van der Waals surface area contributed by atoms with Crippen molar-refractivity contribution in [1.29, 1.82) is 0 Å². The van der Waals surface area contributed by atoms with Crippen LogP contribution in [0.3, 0.4) is 0 Å². The van der Waals surface area contributed by atoms with Crippen molar-refractivity contribution in [2.45, 2.75) is 4.21 Å². The Morgan fingerprint density at radius 1 is 1.08 bits per heavy atom. The van der Waals surface area contributed by atoms with Gasteiger partial charge in [-0.05, 0) is 36.4 Å². The van der Waals surface area contributed by atoms with E-state index in [1.807, 2.05) is 42.3 Å². The Morgan fingerprint density at radius 3 is 2.42 bits per heavy atom. The van der Waals surface area contributed by atoms with E-state index in [0.29, 0.717) is 15.8 Å². The number of anilines is 3. The molecule has 0 atom stereocenters. The first kappa shape index (κ1) is 16.8. The molecule has 0 amide bonds. The van der Waals surface area contributed by atoms with Gasteiger partial charge in [-0.2, -0.15) is 0 Å². The van der Waals surface area contributed by atoms with Crippen molar-refractivity contribution in [1.82, 2.24) is 4.98 Å². The Balaban J connectivity index is 1.78. The van der Waals surface area contributed by atoms with Crippen LogP contribution in [0.15, 0.2) is 65.0 Å². The first-order valence-corrected chi connectivity index (χ1v) is 9.66. The van der Waals surface area contributed by atoms with Crippen LogP contribution in [-0.2, 0) is 10.0 Å². The summed E-state index contributed by atoms with van der Waals surface area (Å²) in [6.45, 7) is 0. The van der Waals surface area contributed by atoms with Crippen molar-refractivity contribution in [3.8, 4) is 0 Å². The van der Waals surface area contributed by atoms with Crippen molar-refractivity contribution in [3.63, 3.8) is 0 Å². The van der Waals surface area contributed by atoms with Gasteiger partial charge in [0.15, 0.2) is 0 Å². The van der Waals surface area contributed by atoms with Gasteiger partial charge in [0.2, 0.25) is 0 Å². The van der Waals surface area contributed by atoms with Gasteiger partial charge in [0, 0.05) is 12.7 Å². The summed E-state index contributed by atoms with van der Waals surface area (Å²) >= 11 is 6.80. The molecule has 24 heavy (non-hydrogen) atoms. The fraction of sp³-hybridized carbons (Fsp3) is 0.0625. The molecule has 0 unspecified atom stereocenters. The van der Waals surface area contributed by atoms with Crippen molar-refractivity contribution in [2.24, 2.45) is 0 Å². The van der Waals surface area contributed by atoms with E-state index >= 15 is 0 Å². The summed E-state index contributed by atoms with van der Waals surface area (Å²) in [6.07, 6.45) is 1.49. The average Bonchev–Trinajstić information content (AvgIpc) is 3.03. The number of thiophene rings is 1. The van der Waals surface area contributed by atoms with Crippen LogP contribution in [0.2, 0.25) is 4.34 Å². The number of sulfonamides is 1. The third-order valence-corrected chi connectivity index (χ3v) is 6.40. The monoisotopic (exact) mass is 379 g/mol. The van der Waals surface area contributed by atoms with Gasteiger partial charge in [-0.25, -0.2) is 13.4 Å². The highest BCUT2D eigenvalue weighted by Gasteiger charge is 2.17. The summed E-state index contributed by atoms with van der Waals surface area (Å²) in [5.41, 5.74) is 1.39. The zero-order chi connectivity index (χ0) is 17.2. The lowest BCUT2D eigenvalue weighted by Crippen LogP contribution is -2.13. The number of nitrogens with one attached hydrogen (secondary N) is 1. The Morgan fingerprint density at radius 2 is 1.83 bits per heavy atom. The molecule has 0 aliphatic carbocycles. The Bertz CT molecular complexity index is 925. The maximum atomic E-state index is 12.3. The maximum absolute atomic E-state index is 12.3. The lowest BCUT2D eigenvalue weighted by molar-refractivity contribution is 0.603. The summed E-state index contributed by atoms with van der Waals surface area (Å²) in [4.78, 5) is 6.23. The number of halogens is 1. The molecule has 0 radical (unpaired) electrons. The second kappa shape index (κ2) is 6.80. The quantitative estimate of drug-likeness (QED) is 0.715. The molecule has 124 valence electrons. The fourth-order valence-electron chi connectivity index (χ4n) is 2.08. The van der Waals surface area contributed by atoms with E-state index in [1.165, 1.54) is 12.3 Å². The Hall–Kier alpha value is -2.09. The molecule has 0 aliphatic rings. The molecule has 2 aromatic heterocycles. The number of hydrogen-bond acceptors (Lipinski definition) is 5. The predicted molar refractivity (Wildman–Crippen MR) is 98.9 cm³/mol. The summed E-state index contributed by atoms with van der Waals surface area (Å²) < 4.78 is 27.6. The standard InChI is InChI=1S/C16H14ClN3O2S2/c1-20(13-5-3-2-4-6-13)15-9-7-12(11-18-15)19-24(21,22)16-10-8-14(17)23-16/h2-11,19H,1H3.